The van der Waals surface area contributed by atoms with Gasteiger partial charge in [0.15, 0.2) is 5.78 Å². The number of hydrogen-bond donors (Lipinski definition) is 0. The summed E-state index contributed by atoms with van der Waals surface area (Å²) in [7, 11) is 0. The summed E-state index contributed by atoms with van der Waals surface area (Å²) in [4.78, 5) is 11.7. The topological polar surface area (TPSA) is 17.1 Å². The van der Waals surface area contributed by atoms with E-state index in [-0.39, 0.29) is 5.78 Å². The van der Waals surface area contributed by atoms with Crippen molar-refractivity contribution in [1.29, 1.82) is 0 Å². The van der Waals surface area contributed by atoms with Gasteiger partial charge in [-0.2, -0.15) is 0 Å². The molecule has 0 heterocycles. The summed E-state index contributed by atoms with van der Waals surface area (Å²) in [6, 6.07) is 7.76. The van der Waals surface area contributed by atoms with Crippen LogP contribution in [-0.2, 0) is 0 Å². The molecule has 0 saturated heterocycles. The SMILES string of the molecule is [CH2]CCCCC(=O)c1ccccc1C. The second-order valence-corrected chi connectivity index (χ2v) is 3.55. The van der Waals surface area contributed by atoms with Crippen molar-refractivity contribution in [1.82, 2.24) is 0 Å². The summed E-state index contributed by atoms with van der Waals surface area (Å²) >= 11 is 0. The van der Waals surface area contributed by atoms with Gasteiger partial charge in [-0.05, 0) is 18.9 Å². The molecule has 75 valence electrons. The summed E-state index contributed by atoms with van der Waals surface area (Å²) in [5, 5.41) is 0. The summed E-state index contributed by atoms with van der Waals surface area (Å²) in [6.07, 6.45) is 3.57. The Balaban J connectivity index is 2.56. The van der Waals surface area contributed by atoms with Crippen molar-refractivity contribution in [3.05, 3.63) is 42.3 Å². The third-order valence-corrected chi connectivity index (χ3v) is 2.35. The first-order chi connectivity index (χ1) is 6.75. The maximum absolute atomic E-state index is 11.7. The van der Waals surface area contributed by atoms with E-state index >= 15 is 0 Å². The van der Waals surface area contributed by atoms with Crippen LogP contribution in [0.3, 0.4) is 0 Å². The molecule has 0 fully saturated rings. The van der Waals surface area contributed by atoms with Gasteiger partial charge in [0.25, 0.3) is 0 Å². The fraction of sp³-hybridized carbons (Fsp3) is 0.385. The van der Waals surface area contributed by atoms with E-state index in [0.29, 0.717) is 6.42 Å². The molecule has 1 radical (unpaired) electrons. The van der Waals surface area contributed by atoms with Crippen LogP contribution in [0.4, 0.5) is 0 Å². The minimum Gasteiger partial charge on any atom is -0.294 e. The van der Waals surface area contributed by atoms with Crippen LogP contribution in [0, 0.1) is 13.8 Å². The normalized spacial score (nSPS) is 10.1. The molecule has 0 atom stereocenters. The largest absolute Gasteiger partial charge is 0.294 e. The van der Waals surface area contributed by atoms with Gasteiger partial charge in [-0.25, -0.2) is 0 Å². The van der Waals surface area contributed by atoms with Crippen LogP contribution in [0.1, 0.15) is 41.6 Å². The standard InChI is InChI=1S/C13H17O/c1-3-4-5-10-13(14)12-9-7-6-8-11(12)2/h6-9H,1,3-5,10H2,2H3. The zero-order chi connectivity index (χ0) is 10.4. The minimum atomic E-state index is 0.261. The molecule has 0 aliphatic heterocycles. The fourth-order valence-electron chi connectivity index (χ4n) is 1.48. The molecule has 1 aromatic rings. The highest BCUT2D eigenvalue weighted by atomic mass is 16.1. The summed E-state index contributed by atoms with van der Waals surface area (Å²) in [5.74, 6) is 0.261. The number of benzene rings is 1. The number of ketones is 1. The van der Waals surface area contributed by atoms with Crippen molar-refractivity contribution in [2.45, 2.75) is 32.6 Å². The smallest absolute Gasteiger partial charge is 0.163 e. The molecule has 0 aliphatic carbocycles. The molecule has 0 spiro atoms. The Morgan fingerprint density at radius 1 is 1.29 bits per heavy atom. The van der Waals surface area contributed by atoms with E-state index in [0.717, 1.165) is 30.4 Å². The Labute approximate surface area is 86.1 Å². The van der Waals surface area contributed by atoms with Gasteiger partial charge < -0.3 is 0 Å². The Bertz CT molecular complexity index is 302. The molecule has 1 heteroatoms. The van der Waals surface area contributed by atoms with E-state index in [4.69, 9.17) is 0 Å². The van der Waals surface area contributed by atoms with E-state index in [2.05, 4.69) is 6.92 Å². The molecule has 14 heavy (non-hydrogen) atoms. The lowest BCUT2D eigenvalue weighted by Gasteiger charge is -2.03. The van der Waals surface area contributed by atoms with Crippen molar-refractivity contribution < 1.29 is 4.79 Å². The monoisotopic (exact) mass is 189 g/mol. The number of Topliss-reactive ketones (excluding diaryl/α,β-unsaturated/α-hetero) is 1. The van der Waals surface area contributed by atoms with Crippen LogP contribution in [-0.4, -0.2) is 5.78 Å². The fourth-order valence-corrected chi connectivity index (χ4v) is 1.48. The van der Waals surface area contributed by atoms with Crippen molar-refractivity contribution in [3.63, 3.8) is 0 Å². The lowest BCUT2D eigenvalue weighted by Crippen LogP contribution is -2.01. The summed E-state index contributed by atoms with van der Waals surface area (Å²) in [6.45, 7) is 5.74. The molecule has 0 saturated carbocycles. The van der Waals surface area contributed by atoms with Crippen molar-refractivity contribution in [2.24, 2.45) is 0 Å². The Kier molecular flexibility index (Phi) is 4.37. The Morgan fingerprint density at radius 2 is 2.00 bits per heavy atom. The van der Waals surface area contributed by atoms with Crippen LogP contribution in [0.2, 0.25) is 0 Å². The number of aryl methyl sites for hydroxylation is 1. The molecular weight excluding hydrogens is 172 g/mol. The third-order valence-electron chi connectivity index (χ3n) is 2.35. The van der Waals surface area contributed by atoms with E-state index < -0.39 is 0 Å². The predicted octanol–water partition coefficient (Wildman–Crippen LogP) is 3.57. The van der Waals surface area contributed by atoms with E-state index in [1.165, 1.54) is 0 Å². The first-order valence-corrected chi connectivity index (χ1v) is 5.14. The lowest BCUT2D eigenvalue weighted by molar-refractivity contribution is 0.0979. The van der Waals surface area contributed by atoms with E-state index in [1.807, 2.05) is 31.2 Å². The average molecular weight is 189 g/mol. The molecule has 0 aromatic heterocycles. The highest BCUT2D eigenvalue weighted by Crippen LogP contribution is 2.12. The van der Waals surface area contributed by atoms with Gasteiger partial charge in [0.05, 0.1) is 0 Å². The van der Waals surface area contributed by atoms with Gasteiger partial charge in [-0.15, -0.1) is 0 Å². The van der Waals surface area contributed by atoms with Gasteiger partial charge >= 0.3 is 0 Å². The average Bonchev–Trinajstić information content (AvgIpc) is 2.18. The Hall–Kier alpha value is -1.11. The summed E-state index contributed by atoms with van der Waals surface area (Å²) < 4.78 is 0. The second kappa shape index (κ2) is 5.58. The molecule has 0 N–H and O–H groups in total. The zero-order valence-electron chi connectivity index (χ0n) is 8.75. The number of carbonyl (C=O) groups is 1. The van der Waals surface area contributed by atoms with Gasteiger partial charge in [0, 0.05) is 12.0 Å². The number of unbranched alkanes of at least 4 members (excludes halogenated alkanes) is 2. The van der Waals surface area contributed by atoms with Crippen LogP contribution < -0.4 is 0 Å². The number of rotatable bonds is 5. The van der Waals surface area contributed by atoms with Gasteiger partial charge in [-0.1, -0.05) is 44.0 Å². The molecule has 0 bridgehead atoms. The second-order valence-electron chi connectivity index (χ2n) is 3.55. The van der Waals surface area contributed by atoms with Gasteiger partial charge in [0.1, 0.15) is 0 Å². The van der Waals surface area contributed by atoms with Gasteiger partial charge in [-0.3, -0.25) is 4.79 Å². The molecular formula is C13H17O. The lowest BCUT2D eigenvalue weighted by atomic mass is 10.0. The third kappa shape index (κ3) is 2.99. The molecule has 1 rings (SSSR count). The van der Waals surface area contributed by atoms with Crippen molar-refractivity contribution >= 4 is 5.78 Å². The molecule has 0 aliphatic rings. The molecule has 0 amide bonds. The molecule has 0 unspecified atom stereocenters. The van der Waals surface area contributed by atoms with Gasteiger partial charge in [0.2, 0.25) is 0 Å². The van der Waals surface area contributed by atoms with Crippen molar-refractivity contribution in [3.8, 4) is 0 Å². The number of hydrogen-bond acceptors (Lipinski definition) is 1. The predicted molar refractivity (Wildman–Crippen MR) is 59.3 cm³/mol. The highest BCUT2D eigenvalue weighted by molar-refractivity contribution is 5.97. The van der Waals surface area contributed by atoms with Crippen molar-refractivity contribution in [2.75, 3.05) is 0 Å². The van der Waals surface area contributed by atoms with Crippen LogP contribution in [0.5, 0.6) is 0 Å². The first-order valence-electron chi connectivity index (χ1n) is 5.14. The zero-order valence-corrected chi connectivity index (χ0v) is 8.75. The maximum Gasteiger partial charge on any atom is 0.163 e. The van der Waals surface area contributed by atoms with E-state index in [9.17, 15) is 4.79 Å². The highest BCUT2D eigenvalue weighted by Gasteiger charge is 2.06. The quantitative estimate of drug-likeness (QED) is 0.511. The summed E-state index contributed by atoms with van der Waals surface area (Å²) in [5.41, 5.74) is 1.95. The Morgan fingerprint density at radius 3 is 2.64 bits per heavy atom. The maximum atomic E-state index is 11.7. The molecule has 1 aromatic carbocycles. The minimum absolute atomic E-state index is 0.261. The van der Waals surface area contributed by atoms with Crippen LogP contribution >= 0.6 is 0 Å². The van der Waals surface area contributed by atoms with Crippen LogP contribution in [0.15, 0.2) is 24.3 Å². The van der Waals surface area contributed by atoms with Crippen LogP contribution in [0.25, 0.3) is 0 Å². The number of carbonyl (C=O) groups excluding carboxylic acids is 1. The molecule has 1 nitrogen and oxygen atoms in total. The first kappa shape index (κ1) is 11.0. The van der Waals surface area contributed by atoms with E-state index in [1.54, 1.807) is 0 Å².